The van der Waals surface area contributed by atoms with Crippen molar-refractivity contribution in [3.05, 3.63) is 35.9 Å². The van der Waals surface area contributed by atoms with Crippen molar-refractivity contribution in [2.75, 3.05) is 0 Å². The SMILES string of the molecule is CCCCCC(N[C@@H](C)C1CCCC1)c1ccccc1. The fourth-order valence-corrected chi connectivity index (χ4v) is 3.54. The van der Waals surface area contributed by atoms with Gasteiger partial charge in [-0.2, -0.15) is 0 Å². The van der Waals surface area contributed by atoms with Crippen LogP contribution < -0.4 is 5.32 Å². The van der Waals surface area contributed by atoms with Crippen LogP contribution in [0.3, 0.4) is 0 Å². The highest BCUT2D eigenvalue weighted by molar-refractivity contribution is 5.19. The summed E-state index contributed by atoms with van der Waals surface area (Å²) < 4.78 is 0. The van der Waals surface area contributed by atoms with Crippen molar-refractivity contribution < 1.29 is 0 Å². The molecule has 1 aliphatic rings. The van der Waals surface area contributed by atoms with Crippen molar-refractivity contribution in [1.82, 2.24) is 5.32 Å². The number of nitrogens with one attached hydrogen (secondary N) is 1. The van der Waals surface area contributed by atoms with E-state index < -0.39 is 0 Å². The van der Waals surface area contributed by atoms with Gasteiger partial charge in [-0.15, -0.1) is 0 Å². The maximum atomic E-state index is 3.93. The third-order valence-electron chi connectivity index (χ3n) is 4.87. The van der Waals surface area contributed by atoms with Crippen molar-refractivity contribution in [2.45, 2.75) is 77.3 Å². The summed E-state index contributed by atoms with van der Waals surface area (Å²) in [4.78, 5) is 0. The molecule has 0 heterocycles. The molecule has 20 heavy (non-hydrogen) atoms. The Morgan fingerprint density at radius 3 is 2.45 bits per heavy atom. The third-order valence-corrected chi connectivity index (χ3v) is 4.87. The average molecular weight is 273 g/mol. The standard InChI is InChI=1S/C19H31N/c1-3-4-6-15-19(18-13-7-5-8-14-18)20-16(2)17-11-9-10-12-17/h5,7-8,13-14,16-17,19-20H,3-4,6,9-12,15H2,1-2H3/t16-,19?/m0/s1. The molecule has 1 aromatic rings. The van der Waals surface area contributed by atoms with Crippen molar-refractivity contribution in [3.8, 4) is 0 Å². The van der Waals surface area contributed by atoms with Gasteiger partial charge in [0, 0.05) is 12.1 Å². The molecule has 0 radical (unpaired) electrons. The van der Waals surface area contributed by atoms with E-state index >= 15 is 0 Å². The highest BCUT2D eigenvalue weighted by Gasteiger charge is 2.23. The summed E-state index contributed by atoms with van der Waals surface area (Å²) in [6, 6.07) is 12.2. The molecular weight excluding hydrogens is 242 g/mol. The lowest BCUT2D eigenvalue weighted by Crippen LogP contribution is -2.35. The molecule has 2 rings (SSSR count). The third kappa shape index (κ3) is 4.63. The Balaban J connectivity index is 1.94. The molecule has 1 N–H and O–H groups in total. The van der Waals surface area contributed by atoms with E-state index in [1.807, 2.05) is 0 Å². The Labute approximate surface area is 125 Å². The highest BCUT2D eigenvalue weighted by atomic mass is 15.0. The molecule has 1 aromatic carbocycles. The predicted octanol–water partition coefficient (Wildman–Crippen LogP) is 5.48. The molecule has 0 amide bonds. The van der Waals surface area contributed by atoms with Crippen molar-refractivity contribution in [1.29, 1.82) is 0 Å². The first-order chi connectivity index (χ1) is 9.81. The van der Waals surface area contributed by atoms with Crippen LogP contribution in [0.1, 0.15) is 76.8 Å². The number of benzene rings is 1. The van der Waals surface area contributed by atoms with Gasteiger partial charge in [-0.05, 0) is 37.7 Å². The molecule has 1 aliphatic carbocycles. The number of hydrogen-bond acceptors (Lipinski definition) is 1. The Morgan fingerprint density at radius 1 is 1.10 bits per heavy atom. The summed E-state index contributed by atoms with van der Waals surface area (Å²) >= 11 is 0. The molecule has 1 unspecified atom stereocenters. The van der Waals surface area contributed by atoms with Gasteiger partial charge in [-0.1, -0.05) is 69.4 Å². The zero-order valence-corrected chi connectivity index (χ0v) is 13.3. The Kier molecular flexibility index (Phi) is 6.59. The van der Waals surface area contributed by atoms with Gasteiger partial charge >= 0.3 is 0 Å². The molecule has 1 nitrogen and oxygen atoms in total. The van der Waals surface area contributed by atoms with Gasteiger partial charge in [0.2, 0.25) is 0 Å². The molecule has 1 fully saturated rings. The first-order valence-corrected chi connectivity index (χ1v) is 8.62. The number of rotatable bonds is 8. The van der Waals surface area contributed by atoms with E-state index in [1.165, 1.54) is 56.9 Å². The van der Waals surface area contributed by atoms with E-state index in [0.717, 1.165) is 5.92 Å². The molecule has 112 valence electrons. The molecule has 0 aliphatic heterocycles. The lowest BCUT2D eigenvalue weighted by Gasteiger charge is -2.27. The number of hydrogen-bond donors (Lipinski definition) is 1. The van der Waals surface area contributed by atoms with E-state index in [1.54, 1.807) is 0 Å². The maximum Gasteiger partial charge on any atom is 0.0322 e. The van der Waals surface area contributed by atoms with Gasteiger partial charge in [-0.3, -0.25) is 0 Å². The van der Waals surface area contributed by atoms with Crippen LogP contribution in [0, 0.1) is 5.92 Å². The van der Waals surface area contributed by atoms with E-state index in [9.17, 15) is 0 Å². The number of unbranched alkanes of at least 4 members (excludes halogenated alkanes) is 2. The molecule has 1 saturated carbocycles. The van der Waals surface area contributed by atoms with E-state index in [2.05, 4.69) is 49.5 Å². The summed E-state index contributed by atoms with van der Waals surface area (Å²) in [5.74, 6) is 0.896. The van der Waals surface area contributed by atoms with Crippen molar-refractivity contribution >= 4 is 0 Å². The predicted molar refractivity (Wildman–Crippen MR) is 87.9 cm³/mol. The second-order valence-electron chi connectivity index (χ2n) is 6.46. The van der Waals surface area contributed by atoms with Gasteiger partial charge in [-0.25, -0.2) is 0 Å². The Hall–Kier alpha value is -0.820. The minimum atomic E-state index is 0.540. The lowest BCUT2D eigenvalue weighted by atomic mass is 9.95. The first-order valence-electron chi connectivity index (χ1n) is 8.62. The lowest BCUT2D eigenvalue weighted by molar-refractivity contribution is 0.330. The van der Waals surface area contributed by atoms with Crippen LogP contribution in [-0.2, 0) is 0 Å². The molecule has 0 spiro atoms. The summed E-state index contributed by atoms with van der Waals surface area (Å²) in [5.41, 5.74) is 1.47. The van der Waals surface area contributed by atoms with E-state index in [0.29, 0.717) is 12.1 Å². The summed E-state index contributed by atoms with van der Waals surface area (Å²) in [6.45, 7) is 4.68. The summed E-state index contributed by atoms with van der Waals surface area (Å²) in [5, 5.41) is 3.93. The van der Waals surface area contributed by atoms with Crippen LogP contribution in [0.15, 0.2) is 30.3 Å². The summed E-state index contributed by atoms with van der Waals surface area (Å²) in [6.07, 6.45) is 11.0. The normalized spacial score (nSPS) is 19.1. The minimum absolute atomic E-state index is 0.540. The van der Waals surface area contributed by atoms with Gasteiger partial charge in [0.05, 0.1) is 0 Å². The monoisotopic (exact) mass is 273 g/mol. The fourth-order valence-electron chi connectivity index (χ4n) is 3.54. The van der Waals surface area contributed by atoms with Gasteiger partial charge in [0.15, 0.2) is 0 Å². The zero-order chi connectivity index (χ0) is 14.2. The Bertz CT molecular complexity index is 353. The highest BCUT2D eigenvalue weighted by Crippen LogP contribution is 2.30. The minimum Gasteiger partial charge on any atom is -0.307 e. The largest absolute Gasteiger partial charge is 0.307 e. The Morgan fingerprint density at radius 2 is 1.80 bits per heavy atom. The summed E-state index contributed by atoms with van der Waals surface area (Å²) in [7, 11) is 0. The smallest absolute Gasteiger partial charge is 0.0322 e. The second-order valence-corrected chi connectivity index (χ2v) is 6.46. The molecule has 1 heteroatoms. The van der Waals surface area contributed by atoms with Crippen LogP contribution in [0.2, 0.25) is 0 Å². The van der Waals surface area contributed by atoms with Crippen molar-refractivity contribution in [2.24, 2.45) is 5.92 Å². The quantitative estimate of drug-likeness (QED) is 0.619. The second kappa shape index (κ2) is 8.46. The first kappa shape index (κ1) is 15.6. The topological polar surface area (TPSA) is 12.0 Å². The molecule has 2 atom stereocenters. The van der Waals surface area contributed by atoms with Gasteiger partial charge in [0.25, 0.3) is 0 Å². The average Bonchev–Trinajstić information content (AvgIpc) is 3.01. The van der Waals surface area contributed by atoms with E-state index in [4.69, 9.17) is 0 Å². The maximum absolute atomic E-state index is 3.93. The van der Waals surface area contributed by atoms with Crippen LogP contribution in [0.25, 0.3) is 0 Å². The molecule has 0 aromatic heterocycles. The van der Waals surface area contributed by atoms with Crippen molar-refractivity contribution in [3.63, 3.8) is 0 Å². The molecular formula is C19H31N. The molecule has 0 saturated heterocycles. The van der Waals surface area contributed by atoms with Crippen LogP contribution >= 0.6 is 0 Å². The molecule has 0 bridgehead atoms. The zero-order valence-electron chi connectivity index (χ0n) is 13.3. The van der Waals surface area contributed by atoms with Gasteiger partial charge < -0.3 is 5.32 Å². The van der Waals surface area contributed by atoms with Gasteiger partial charge in [0.1, 0.15) is 0 Å². The van der Waals surface area contributed by atoms with E-state index in [-0.39, 0.29) is 0 Å². The fraction of sp³-hybridized carbons (Fsp3) is 0.684. The van der Waals surface area contributed by atoms with Crippen LogP contribution in [-0.4, -0.2) is 6.04 Å². The van der Waals surface area contributed by atoms with Crippen LogP contribution in [0.5, 0.6) is 0 Å². The van der Waals surface area contributed by atoms with Crippen LogP contribution in [0.4, 0.5) is 0 Å².